The van der Waals surface area contributed by atoms with Gasteiger partial charge in [-0.2, -0.15) is 11.8 Å². The Balaban J connectivity index is 0.00000220. The molecule has 2 rings (SSSR count). The summed E-state index contributed by atoms with van der Waals surface area (Å²) in [6.45, 7) is 0.169. The monoisotopic (exact) mass is 334 g/mol. The summed E-state index contributed by atoms with van der Waals surface area (Å²) in [6, 6.07) is -0.220. The number of H-pyrrole nitrogens is 2. The topological polar surface area (TPSA) is 114 Å². The van der Waals surface area contributed by atoms with Gasteiger partial charge in [-0.15, -0.1) is 12.4 Å². The maximum absolute atomic E-state index is 11.6. The van der Waals surface area contributed by atoms with Crippen molar-refractivity contribution in [1.82, 2.24) is 20.3 Å². The molecule has 0 amide bonds. The summed E-state index contributed by atoms with van der Waals surface area (Å²) < 4.78 is 0. The first-order valence-electron chi connectivity index (χ1n) is 6.22. The summed E-state index contributed by atoms with van der Waals surface area (Å²) in [6.07, 6.45) is 4.21. The summed E-state index contributed by atoms with van der Waals surface area (Å²) in [7, 11) is 0. The van der Waals surface area contributed by atoms with Crippen molar-refractivity contribution in [2.75, 3.05) is 18.6 Å². The van der Waals surface area contributed by atoms with Crippen LogP contribution in [0.5, 0.6) is 0 Å². The Bertz CT molecular complexity index is 618. The third-order valence-corrected chi connectivity index (χ3v) is 3.79. The summed E-state index contributed by atoms with van der Waals surface area (Å²) in [4.78, 5) is 21.1. The van der Waals surface area contributed by atoms with Crippen molar-refractivity contribution in [2.45, 2.75) is 18.7 Å². The molecule has 0 aliphatic heterocycles. The van der Waals surface area contributed by atoms with Crippen LogP contribution in [0.4, 0.5) is 0 Å². The number of aliphatic hydroxyl groups excluding tert-OH is 2. The molecular formula is C12H19ClN4O3S. The lowest BCUT2D eigenvalue weighted by atomic mass is 10.2. The minimum atomic E-state index is -0.816. The maximum atomic E-state index is 11.6. The number of fused-ring (bicyclic) bond motifs is 1. The third kappa shape index (κ3) is 4.21. The lowest BCUT2D eigenvalue weighted by molar-refractivity contribution is 0.0689. The Morgan fingerprint density at radius 3 is 2.90 bits per heavy atom. The highest BCUT2D eigenvalue weighted by Gasteiger charge is 2.18. The molecule has 118 valence electrons. The Labute approximate surface area is 132 Å². The van der Waals surface area contributed by atoms with Crippen LogP contribution in [0.3, 0.4) is 0 Å². The molecule has 2 aromatic rings. The van der Waals surface area contributed by atoms with E-state index in [9.17, 15) is 9.90 Å². The number of rotatable bonds is 7. The highest BCUT2D eigenvalue weighted by molar-refractivity contribution is 7.98. The number of aromatic nitrogens is 3. The maximum Gasteiger partial charge on any atom is 0.275 e. The molecule has 0 fully saturated rings. The van der Waals surface area contributed by atoms with Crippen LogP contribution in [0.2, 0.25) is 0 Å². The van der Waals surface area contributed by atoms with Crippen molar-refractivity contribution in [2.24, 2.45) is 0 Å². The Kier molecular flexibility index (Phi) is 7.20. The average molecular weight is 335 g/mol. The van der Waals surface area contributed by atoms with E-state index in [1.165, 1.54) is 6.33 Å². The summed E-state index contributed by atoms with van der Waals surface area (Å²) >= 11 is 1.58. The molecule has 0 spiro atoms. The second-order valence-corrected chi connectivity index (χ2v) is 5.37. The predicted molar refractivity (Wildman–Crippen MR) is 86.1 cm³/mol. The van der Waals surface area contributed by atoms with E-state index in [1.54, 1.807) is 18.0 Å². The van der Waals surface area contributed by atoms with Crippen LogP contribution >= 0.6 is 24.2 Å². The Morgan fingerprint density at radius 2 is 2.24 bits per heavy atom. The zero-order valence-corrected chi connectivity index (χ0v) is 13.1. The molecular weight excluding hydrogens is 316 g/mol. The first kappa shape index (κ1) is 18.0. The normalized spacial score (nSPS) is 13.9. The van der Waals surface area contributed by atoms with Gasteiger partial charge in [0, 0.05) is 30.1 Å². The number of hydrogen-bond acceptors (Lipinski definition) is 6. The average Bonchev–Trinajstić information content (AvgIpc) is 2.87. The van der Waals surface area contributed by atoms with E-state index in [1.807, 2.05) is 6.26 Å². The lowest BCUT2D eigenvalue weighted by Crippen LogP contribution is -2.43. The standard InChI is InChI=1S/C12H18N4O3S.ClH/c1-20-5-8(9(18)4-17)13-2-7-3-14-11-10(7)15-6-16-12(11)19;/h3,6,8-9,13-14,17-18H,2,4-5H2,1H3,(H,15,16,19);1H/t8-,9+;/m1./s1. The molecule has 2 aromatic heterocycles. The van der Waals surface area contributed by atoms with E-state index >= 15 is 0 Å². The van der Waals surface area contributed by atoms with Gasteiger partial charge >= 0.3 is 0 Å². The van der Waals surface area contributed by atoms with Crippen LogP contribution in [0.15, 0.2) is 17.3 Å². The van der Waals surface area contributed by atoms with Gasteiger partial charge in [0.25, 0.3) is 5.56 Å². The lowest BCUT2D eigenvalue weighted by Gasteiger charge is -2.21. The fourth-order valence-electron chi connectivity index (χ4n) is 1.99. The van der Waals surface area contributed by atoms with Crippen LogP contribution in [0, 0.1) is 0 Å². The van der Waals surface area contributed by atoms with Crippen molar-refractivity contribution in [3.05, 3.63) is 28.4 Å². The number of aliphatic hydroxyl groups is 2. The van der Waals surface area contributed by atoms with Crippen LogP contribution < -0.4 is 10.9 Å². The van der Waals surface area contributed by atoms with Gasteiger partial charge in [0.2, 0.25) is 0 Å². The van der Waals surface area contributed by atoms with Gasteiger partial charge in [-0.3, -0.25) is 4.79 Å². The van der Waals surface area contributed by atoms with Crippen molar-refractivity contribution in [1.29, 1.82) is 0 Å². The predicted octanol–water partition coefficient (Wildman–Crippen LogP) is -0.153. The van der Waals surface area contributed by atoms with Crippen LogP contribution in [-0.4, -0.2) is 55.9 Å². The molecule has 5 N–H and O–H groups in total. The third-order valence-electron chi connectivity index (χ3n) is 3.10. The second-order valence-electron chi connectivity index (χ2n) is 4.46. The van der Waals surface area contributed by atoms with E-state index in [0.29, 0.717) is 23.3 Å². The number of thioether (sulfide) groups is 1. The molecule has 0 saturated heterocycles. The molecule has 7 nitrogen and oxygen atoms in total. The van der Waals surface area contributed by atoms with Gasteiger partial charge < -0.3 is 25.5 Å². The first-order valence-corrected chi connectivity index (χ1v) is 7.61. The van der Waals surface area contributed by atoms with E-state index in [4.69, 9.17) is 5.11 Å². The van der Waals surface area contributed by atoms with Gasteiger partial charge in [0.1, 0.15) is 5.52 Å². The molecule has 0 aromatic carbocycles. The van der Waals surface area contributed by atoms with Gasteiger partial charge in [-0.1, -0.05) is 0 Å². The molecule has 0 radical (unpaired) electrons. The minimum absolute atomic E-state index is 0. The van der Waals surface area contributed by atoms with Crippen LogP contribution in [0.1, 0.15) is 5.56 Å². The minimum Gasteiger partial charge on any atom is -0.394 e. The molecule has 9 heteroatoms. The quantitative estimate of drug-likeness (QED) is 0.481. The number of nitrogens with one attached hydrogen (secondary N) is 3. The zero-order valence-electron chi connectivity index (χ0n) is 11.5. The zero-order chi connectivity index (χ0) is 14.5. The Morgan fingerprint density at radius 1 is 1.48 bits per heavy atom. The second kappa shape index (κ2) is 8.40. The summed E-state index contributed by atoms with van der Waals surface area (Å²) in [5.74, 6) is 0.679. The summed E-state index contributed by atoms with van der Waals surface area (Å²) in [5.41, 5.74) is 1.69. The molecule has 0 aliphatic carbocycles. The Hall–Kier alpha value is -1.06. The van der Waals surface area contributed by atoms with Crippen LogP contribution in [0.25, 0.3) is 11.0 Å². The fourth-order valence-corrected chi connectivity index (χ4v) is 2.69. The van der Waals surface area contributed by atoms with Crippen molar-refractivity contribution >= 4 is 35.2 Å². The highest BCUT2D eigenvalue weighted by Crippen LogP contribution is 2.12. The summed E-state index contributed by atoms with van der Waals surface area (Å²) in [5, 5.41) is 21.9. The van der Waals surface area contributed by atoms with Gasteiger partial charge in [-0.05, 0) is 6.26 Å². The van der Waals surface area contributed by atoms with Gasteiger partial charge in [0.05, 0.1) is 24.6 Å². The largest absolute Gasteiger partial charge is 0.394 e. The van der Waals surface area contributed by atoms with E-state index in [0.717, 1.165) is 5.56 Å². The van der Waals surface area contributed by atoms with Gasteiger partial charge in [0.15, 0.2) is 0 Å². The number of hydrogen-bond donors (Lipinski definition) is 5. The smallest absolute Gasteiger partial charge is 0.275 e. The number of aromatic amines is 2. The highest BCUT2D eigenvalue weighted by atomic mass is 35.5. The molecule has 2 heterocycles. The molecule has 0 aliphatic rings. The molecule has 0 saturated carbocycles. The van der Waals surface area contributed by atoms with E-state index in [-0.39, 0.29) is 30.6 Å². The van der Waals surface area contributed by atoms with Crippen LogP contribution in [-0.2, 0) is 6.54 Å². The molecule has 0 unspecified atom stereocenters. The molecule has 21 heavy (non-hydrogen) atoms. The SMILES string of the molecule is CSC[C@@H](NCc1c[nH]c2c(=O)[nH]cnc12)[C@@H](O)CO.Cl. The van der Waals surface area contributed by atoms with Crippen molar-refractivity contribution in [3.8, 4) is 0 Å². The first-order chi connectivity index (χ1) is 9.67. The van der Waals surface area contributed by atoms with E-state index < -0.39 is 6.10 Å². The van der Waals surface area contributed by atoms with Crippen molar-refractivity contribution < 1.29 is 10.2 Å². The molecule has 0 bridgehead atoms. The number of halogens is 1. The van der Waals surface area contributed by atoms with E-state index in [2.05, 4.69) is 20.3 Å². The number of nitrogens with zero attached hydrogens (tertiary/aromatic N) is 1. The molecule has 2 atom stereocenters. The fraction of sp³-hybridized carbons (Fsp3) is 0.500. The van der Waals surface area contributed by atoms with Crippen molar-refractivity contribution in [3.63, 3.8) is 0 Å². The van der Waals surface area contributed by atoms with Gasteiger partial charge in [-0.25, -0.2) is 4.98 Å².